The second kappa shape index (κ2) is 5.68. The Morgan fingerprint density at radius 2 is 1.95 bits per heavy atom. The third-order valence-corrected chi connectivity index (χ3v) is 4.81. The van der Waals surface area contributed by atoms with E-state index in [1.54, 1.807) is 7.11 Å². The number of rotatable bonds is 3. The fourth-order valence-electron chi connectivity index (χ4n) is 3.69. The van der Waals surface area contributed by atoms with Crippen LogP contribution >= 0.6 is 0 Å². The first-order valence-electron chi connectivity index (χ1n) is 8.01. The van der Waals surface area contributed by atoms with Gasteiger partial charge >= 0.3 is 0 Å². The summed E-state index contributed by atoms with van der Waals surface area (Å²) >= 11 is 0. The molecule has 0 heterocycles. The van der Waals surface area contributed by atoms with Crippen molar-refractivity contribution in [3.05, 3.63) is 58.1 Å². The zero-order chi connectivity index (χ0) is 15.9. The van der Waals surface area contributed by atoms with Crippen molar-refractivity contribution in [1.29, 1.82) is 0 Å². The van der Waals surface area contributed by atoms with Gasteiger partial charge in [0.2, 0.25) is 0 Å². The maximum Gasteiger partial charge on any atom is 0.119 e. The van der Waals surface area contributed by atoms with E-state index in [-0.39, 0.29) is 0 Å². The minimum atomic E-state index is 0.331. The van der Waals surface area contributed by atoms with E-state index in [1.807, 2.05) is 6.07 Å². The number of phenolic OH excluding ortho intramolecular Hbond substituents is 1. The molecule has 1 atom stereocenters. The molecule has 0 spiro atoms. The molecule has 0 amide bonds. The van der Waals surface area contributed by atoms with Crippen molar-refractivity contribution in [1.82, 2.24) is 0 Å². The van der Waals surface area contributed by atoms with Crippen LogP contribution in [0, 0.1) is 6.92 Å². The molecule has 2 nitrogen and oxygen atoms in total. The van der Waals surface area contributed by atoms with Gasteiger partial charge in [-0.2, -0.15) is 0 Å². The zero-order valence-electron chi connectivity index (χ0n) is 13.8. The number of phenols is 1. The molecule has 0 saturated carbocycles. The van der Waals surface area contributed by atoms with Crippen LogP contribution in [0.25, 0.3) is 0 Å². The molecule has 0 radical (unpaired) electrons. The highest BCUT2D eigenvalue weighted by molar-refractivity contribution is 5.52. The molecule has 0 bridgehead atoms. The normalized spacial score (nSPS) is 16.9. The molecule has 1 aliphatic rings. The van der Waals surface area contributed by atoms with E-state index in [9.17, 15) is 5.11 Å². The second-order valence-electron chi connectivity index (χ2n) is 6.58. The largest absolute Gasteiger partial charge is 0.508 e. The van der Waals surface area contributed by atoms with E-state index in [2.05, 4.69) is 45.0 Å². The summed E-state index contributed by atoms with van der Waals surface area (Å²) in [5.41, 5.74) is 6.50. The fourth-order valence-corrected chi connectivity index (χ4v) is 3.69. The van der Waals surface area contributed by atoms with Crippen molar-refractivity contribution in [3.63, 3.8) is 0 Å². The van der Waals surface area contributed by atoms with Gasteiger partial charge in [-0.1, -0.05) is 26.0 Å². The van der Waals surface area contributed by atoms with Gasteiger partial charge in [-0.25, -0.2) is 0 Å². The third-order valence-electron chi connectivity index (χ3n) is 4.81. The van der Waals surface area contributed by atoms with Gasteiger partial charge in [0.25, 0.3) is 0 Å². The molecular weight excluding hydrogens is 272 g/mol. The van der Waals surface area contributed by atoms with Crippen LogP contribution in [0.1, 0.15) is 59.9 Å². The molecule has 2 heteroatoms. The van der Waals surface area contributed by atoms with Crippen LogP contribution in [0.4, 0.5) is 0 Å². The summed E-state index contributed by atoms with van der Waals surface area (Å²) in [6.07, 6.45) is 2.22. The lowest BCUT2D eigenvalue weighted by atomic mass is 9.87. The van der Waals surface area contributed by atoms with Crippen LogP contribution in [0.2, 0.25) is 0 Å². The van der Waals surface area contributed by atoms with Crippen LogP contribution in [0.3, 0.4) is 0 Å². The van der Waals surface area contributed by atoms with Crippen molar-refractivity contribution in [3.8, 4) is 11.5 Å². The summed E-state index contributed by atoms with van der Waals surface area (Å²) < 4.78 is 5.39. The number of fused-ring (bicyclic) bond motifs is 1. The lowest BCUT2D eigenvalue weighted by Crippen LogP contribution is -2.01. The fraction of sp³-hybridized carbons (Fsp3) is 0.400. The van der Waals surface area contributed by atoms with Crippen molar-refractivity contribution in [2.75, 3.05) is 7.11 Å². The van der Waals surface area contributed by atoms with Crippen LogP contribution in [-0.4, -0.2) is 12.2 Å². The van der Waals surface area contributed by atoms with E-state index >= 15 is 0 Å². The molecule has 1 N–H and O–H groups in total. The van der Waals surface area contributed by atoms with Gasteiger partial charge in [0.1, 0.15) is 11.5 Å². The molecule has 0 saturated heterocycles. The standard InChI is InChI=1S/C20H24O2/c1-12(2)18-11-14(6-8-19(18)21)17-7-5-15-10-16(22-4)9-13(3)20(15)17/h6,8-12,17,21H,5,7H2,1-4H3/t17-/m0/s1. The molecule has 0 aromatic heterocycles. The second-order valence-corrected chi connectivity index (χ2v) is 6.58. The van der Waals surface area contributed by atoms with E-state index < -0.39 is 0 Å². The van der Waals surface area contributed by atoms with E-state index in [4.69, 9.17) is 4.74 Å². The van der Waals surface area contributed by atoms with Crippen molar-refractivity contribution >= 4 is 0 Å². The SMILES string of the molecule is COc1cc(C)c2c(c1)CC[C@H]2c1ccc(O)c(C(C)C)c1. The van der Waals surface area contributed by atoms with Gasteiger partial charge in [-0.05, 0) is 71.7 Å². The Labute approximate surface area is 132 Å². The molecule has 2 aromatic rings. The van der Waals surface area contributed by atoms with Gasteiger partial charge in [-0.3, -0.25) is 0 Å². The Morgan fingerprint density at radius 3 is 2.64 bits per heavy atom. The monoisotopic (exact) mass is 296 g/mol. The first-order valence-corrected chi connectivity index (χ1v) is 8.01. The van der Waals surface area contributed by atoms with Gasteiger partial charge in [0.15, 0.2) is 0 Å². The average Bonchev–Trinajstić information content (AvgIpc) is 2.91. The molecule has 116 valence electrons. The molecule has 0 fully saturated rings. The Hall–Kier alpha value is -1.96. The Kier molecular flexibility index (Phi) is 3.86. The molecular formula is C20H24O2. The van der Waals surface area contributed by atoms with Crippen molar-refractivity contribution < 1.29 is 9.84 Å². The predicted molar refractivity (Wildman–Crippen MR) is 90.1 cm³/mol. The first-order chi connectivity index (χ1) is 10.5. The number of ether oxygens (including phenoxy) is 1. The number of benzene rings is 2. The van der Waals surface area contributed by atoms with Crippen LogP contribution in [0.5, 0.6) is 11.5 Å². The van der Waals surface area contributed by atoms with E-state index in [0.29, 0.717) is 17.6 Å². The number of hydrogen-bond donors (Lipinski definition) is 1. The Balaban J connectivity index is 2.05. The first kappa shape index (κ1) is 15.0. The quantitative estimate of drug-likeness (QED) is 0.872. The Bertz CT molecular complexity index is 701. The third kappa shape index (κ3) is 2.47. The lowest BCUT2D eigenvalue weighted by molar-refractivity contribution is 0.414. The van der Waals surface area contributed by atoms with Crippen molar-refractivity contribution in [2.45, 2.75) is 45.4 Å². The van der Waals surface area contributed by atoms with Gasteiger partial charge in [-0.15, -0.1) is 0 Å². The number of methoxy groups -OCH3 is 1. The number of hydrogen-bond acceptors (Lipinski definition) is 2. The molecule has 0 unspecified atom stereocenters. The topological polar surface area (TPSA) is 29.5 Å². The zero-order valence-corrected chi connectivity index (χ0v) is 13.8. The minimum Gasteiger partial charge on any atom is -0.508 e. The van der Waals surface area contributed by atoms with Crippen LogP contribution in [-0.2, 0) is 6.42 Å². The number of aromatic hydroxyl groups is 1. The summed E-state index contributed by atoms with van der Waals surface area (Å²) in [4.78, 5) is 0. The van der Waals surface area contributed by atoms with E-state index in [0.717, 1.165) is 24.2 Å². The van der Waals surface area contributed by atoms with Gasteiger partial charge < -0.3 is 9.84 Å². The maximum atomic E-state index is 10.0. The van der Waals surface area contributed by atoms with Crippen molar-refractivity contribution in [2.24, 2.45) is 0 Å². The van der Waals surface area contributed by atoms with Crippen LogP contribution in [0.15, 0.2) is 30.3 Å². The highest BCUT2D eigenvalue weighted by Gasteiger charge is 2.27. The van der Waals surface area contributed by atoms with E-state index in [1.165, 1.54) is 22.3 Å². The summed E-state index contributed by atoms with van der Waals surface area (Å²) in [5, 5.41) is 10.0. The summed E-state index contributed by atoms with van der Waals surface area (Å²) in [6, 6.07) is 10.4. The lowest BCUT2D eigenvalue weighted by Gasteiger charge is -2.18. The summed E-state index contributed by atoms with van der Waals surface area (Å²) in [7, 11) is 1.72. The van der Waals surface area contributed by atoms with Gasteiger partial charge in [0.05, 0.1) is 7.11 Å². The molecule has 2 aromatic carbocycles. The highest BCUT2D eigenvalue weighted by atomic mass is 16.5. The van der Waals surface area contributed by atoms with Gasteiger partial charge in [0, 0.05) is 5.92 Å². The molecule has 3 rings (SSSR count). The minimum absolute atomic E-state index is 0.331. The predicted octanol–water partition coefficient (Wildman–Crippen LogP) is 4.91. The Morgan fingerprint density at radius 1 is 1.18 bits per heavy atom. The molecule has 0 aliphatic heterocycles. The summed E-state index contributed by atoms with van der Waals surface area (Å²) in [6.45, 7) is 6.42. The average molecular weight is 296 g/mol. The summed E-state index contributed by atoms with van der Waals surface area (Å²) in [5.74, 6) is 2.12. The maximum absolute atomic E-state index is 10.0. The molecule has 22 heavy (non-hydrogen) atoms. The van der Waals surface area contributed by atoms with Crippen LogP contribution < -0.4 is 4.74 Å². The highest BCUT2D eigenvalue weighted by Crippen LogP contribution is 2.43. The molecule has 1 aliphatic carbocycles. The smallest absolute Gasteiger partial charge is 0.119 e. The number of aryl methyl sites for hydroxylation is 2.